The molecular weight excluding hydrogens is 252 g/mol. The molecular formula is C13H18O4S. The molecule has 4 nitrogen and oxygen atoms in total. The number of hydrogen-bond acceptors (Lipinski definition) is 3. The lowest BCUT2D eigenvalue weighted by atomic mass is 10.0. The van der Waals surface area contributed by atoms with Gasteiger partial charge >= 0.3 is 5.97 Å². The van der Waals surface area contributed by atoms with Crippen LogP contribution < -0.4 is 0 Å². The van der Waals surface area contributed by atoms with Crippen molar-refractivity contribution in [1.82, 2.24) is 0 Å². The summed E-state index contributed by atoms with van der Waals surface area (Å²) in [4.78, 5) is 10.8. The summed E-state index contributed by atoms with van der Waals surface area (Å²) >= 11 is 0. The van der Waals surface area contributed by atoms with E-state index in [0.29, 0.717) is 17.5 Å². The van der Waals surface area contributed by atoms with E-state index in [9.17, 15) is 13.2 Å². The summed E-state index contributed by atoms with van der Waals surface area (Å²) in [6.45, 7) is 3.43. The summed E-state index contributed by atoms with van der Waals surface area (Å²) in [6, 6.07) is 6.72. The highest BCUT2D eigenvalue weighted by molar-refractivity contribution is 7.90. The average Bonchev–Trinajstić information content (AvgIpc) is 2.28. The third-order valence-electron chi connectivity index (χ3n) is 2.75. The molecule has 1 rings (SSSR count). The minimum atomic E-state index is -3.05. The van der Waals surface area contributed by atoms with Gasteiger partial charge in [-0.25, -0.2) is 8.42 Å². The van der Waals surface area contributed by atoms with Gasteiger partial charge in [-0.15, -0.1) is 0 Å². The first-order valence-electron chi connectivity index (χ1n) is 5.88. The topological polar surface area (TPSA) is 71.4 Å². The summed E-state index contributed by atoms with van der Waals surface area (Å²) in [6.07, 6.45) is 0.608. The van der Waals surface area contributed by atoms with Crippen molar-refractivity contribution < 1.29 is 18.3 Å². The van der Waals surface area contributed by atoms with E-state index in [2.05, 4.69) is 0 Å². The van der Waals surface area contributed by atoms with Gasteiger partial charge in [0.1, 0.15) is 0 Å². The van der Waals surface area contributed by atoms with Crippen LogP contribution in [0.3, 0.4) is 0 Å². The average molecular weight is 270 g/mol. The molecule has 0 bridgehead atoms. The van der Waals surface area contributed by atoms with Crippen molar-refractivity contribution in [2.75, 3.05) is 5.75 Å². The second kappa shape index (κ2) is 6.00. The van der Waals surface area contributed by atoms with Crippen molar-refractivity contribution >= 4 is 15.8 Å². The normalized spacial score (nSPS) is 13.2. The highest BCUT2D eigenvalue weighted by atomic mass is 32.2. The zero-order valence-corrected chi connectivity index (χ0v) is 11.4. The van der Waals surface area contributed by atoms with E-state index >= 15 is 0 Å². The number of aliphatic carboxylic acids is 1. The van der Waals surface area contributed by atoms with Crippen LogP contribution in [0.2, 0.25) is 0 Å². The molecule has 0 saturated carbocycles. The van der Waals surface area contributed by atoms with Crippen molar-refractivity contribution in [3.8, 4) is 0 Å². The van der Waals surface area contributed by atoms with Crippen LogP contribution >= 0.6 is 0 Å². The summed E-state index contributed by atoms with van der Waals surface area (Å²) < 4.78 is 23.3. The van der Waals surface area contributed by atoms with E-state index in [1.165, 1.54) is 0 Å². The molecule has 1 unspecified atom stereocenters. The van der Waals surface area contributed by atoms with Gasteiger partial charge in [0.15, 0.2) is 9.84 Å². The molecule has 0 heterocycles. The predicted molar refractivity (Wildman–Crippen MR) is 70.3 cm³/mol. The zero-order chi connectivity index (χ0) is 13.8. The molecule has 0 aliphatic rings. The lowest BCUT2D eigenvalue weighted by Gasteiger charge is -2.08. The molecule has 0 spiro atoms. The molecule has 0 amide bonds. The van der Waals surface area contributed by atoms with Crippen LogP contribution in [0.1, 0.15) is 37.3 Å². The minimum Gasteiger partial charge on any atom is -0.481 e. The van der Waals surface area contributed by atoms with E-state index in [1.807, 2.05) is 6.92 Å². The van der Waals surface area contributed by atoms with Gasteiger partial charge in [0.25, 0.3) is 0 Å². The summed E-state index contributed by atoms with van der Waals surface area (Å²) in [5.74, 6) is -1.27. The Morgan fingerprint density at radius 1 is 1.28 bits per heavy atom. The van der Waals surface area contributed by atoms with Gasteiger partial charge in [-0.05, 0) is 24.5 Å². The van der Waals surface area contributed by atoms with Crippen LogP contribution in [-0.4, -0.2) is 25.2 Å². The largest absolute Gasteiger partial charge is 0.481 e. The smallest absolute Gasteiger partial charge is 0.310 e. The van der Waals surface area contributed by atoms with Crippen LogP contribution in [0.15, 0.2) is 24.3 Å². The fraction of sp³-hybridized carbons (Fsp3) is 0.462. The van der Waals surface area contributed by atoms with Crippen molar-refractivity contribution in [3.05, 3.63) is 35.4 Å². The van der Waals surface area contributed by atoms with E-state index < -0.39 is 21.7 Å². The third kappa shape index (κ3) is 4.14. The first-order chi connectivity index (χ1) is 8.35. The molecule has 0 saturated heterocycles. The maximum atomic E-state index is 11.6. The maximum Gasteiger partial charge on any atom is 0.310 e. The van der Waals surface area contributed by atoms with Gasteiger partial charge < -0.3 is 5.11 Å². The summed E-state index contributed by atoms with van der Waals surface area (Å²) in [7, 11) is -3.05. The molecule has 1 atom stereocenters. The second-order valence-corrected chi connectivity index (χ2v) is 6.58. The molecule has 0 aromatic heterocycles. The third-order valence-corrected chi connectivity index (χ3v) is 4.56. The van der Waals surface area contributed by atoms with Gasteiger partial charge in [0.2, 0.25) is 0 Å². The van der Waals surface area contributed by atoms with Gasteiger partial charge in [-0.1, -0.05) is 31.2 Å². The van der Waals surface area contributed by atoms with Gasteiger partial charge in [-0.3, -0.25) is 4.79 Å². The van der Waals surface area contributed by atoms with E-state index in [0.717, 1.165) is 0 Å². The van der Waals surface area contributed by atoms with Crippen LogP contribution in [0.4, 0.5) is 0 Å². The Kier molecular flexibility index (Phi) is 4.90. The molecule has 100 valence electrons. The Hall–Kier alpha value is -1.36. The molecule has 5 heteroatoms. The second-order valence-electron chi connectivity index (χ2n) is 4.39. The number of hydrogen-bond donors (Lipinski definition) is 1. The van der Waals surface area contributed by atoms with Gasteiger partial charge in [-0.2, -0.15) is 0 Å². The Balaban J connectivity index is 2.81. The number of carboxylic acid groups (broad SMARTS) is 1. The molecule has 0 radical (unpaired) electrons. The molecule has 0 aliphatic carbocycles. The Morgan fingerprint density at radius 3 is 2.28 bits per heavy atom. The first-order valence-corrected chi connectivity index (χ1v) is 7.70. The van der Waals surface area contributed by atoms with Crippen LogP contribution in [-0.2, 0) is 20.4 Å². The number of benzene rings is 1. The highest BCUT2D eigenvalue weighted by Gasteiger charge is 2.14. The monoisotopic (exact) mass is 270 g/mol. The summed E-state index contributed by atoms with van der Waals surface area (Å²) in [5, 5.41) is 8.87. The molecule has 0 aliphatic heterocycles. The Labute approximate surface area is 108 Å². The van der Waals surface area contributed by atoms with Gasteiger partial charge in [0, 0.05) is 0 Å². The van der Waals surface area contributed by atoms with Crippen LogP contribution in [0, 0.1) is 0 Å². The van der Waals surface area contributed by atoms with E-state index in [-0.39, 0.29) is 11.5 Å². The quantitative estimate of drug-likeness (QED) is 0.860. The molecule has 1 aromatic carbocycles. The van der Waals surface area contributed by atoms with E-state index in [4.69, 9.17) is 5.11 Å². The zero-order valence-electron chi connectivity index (χ0n) is 10.6. The standard InChI is InChI=1S/C13H18O4S/c1-3-8-18(16,17)9-11-4-6-12(7-5-11)10(2)13(14)15/h4-7,10H,3,8-9H2,1-2H3,(H,14,15). The molecule has 1 aromatic rings. The first kappa shape index (κ1) is 14.7. The number of carbonyl (C=O) groups is 1. The fourth-order valence-electron chi connectivity index (χ4n) is 1.68. The fourth-order valence-corrected chi connectivity index (χ4v) is 3.15. The molecule has 18 heavy (non-hydrogen) atoms. The SMILES string of the molecule is CCCS(=O)(=O)Cc1ccc(C(C)C(=O)O)cc1. The molecule has 1 N–H and O–H groups in total. The molecule has 0 fully saturated rings. The Morgan fingerprint density at radius 2 is 1.83 bits per heavy atom. The van der Waals surface area contributed by atoms with Crippen LogP contribution in [0.5, 0.6) is 0 Å². The van der Waals surface area contributed by atoms with E-state index in [1.54, 1.807) is 31.2 Å². The maximum absolute atomic E-state index is 11.6. The lowest BCUT2D eigenvalue weighted by Crippen LogP contribution is -2.09. The highest BCUT2D eigenvalue weighted by Crippen LogP contribution is 2.17. The number of rotatable bonds is 6. The van der Waals surface area contributed by atoms with Crippen molar-refractivity contribution in [2.24, 2.45) is 0 Å². The lowest BCUT2D eigenvalue weighted by molar-refractivity contribution is -0.138. The Bertz CT molecular complexity index is 502. The van der Waals surface area contributed by atoms with Crippen molar-refractivity contribution in [1.29, 1.82) is 0 Å². The van der Waals surface area contributed by atoms with Gasteiger partial charge in [0.05, 0.1) is 17.4 Å². The predicted octanol–water partition coefficient (Wildman–Crippen LogP) is 2.20. The minimum absolute atomic E-state index is 0.0164. The van der Waals surface area contributed by atoms with Crippen LogP contribution in [0.25, 0.3) is 0 Å². The number of carboxylic acids is 1. The number of sulfone groups is 1. The van der Waals surface area contributed by atoms with Crippen molar-refractivity contribution in [2.45, 2.75) is 31.9 Å². The van der Waals surface area contributed by atoms with Crippen molar-refractivity contribution in [3.63, 3.8) is 0 Å². The summed E-state index contributed by atoms with van der Waals surface area (Å²) in [5.41, 5.74) is 1.38.